The Morgan fingerprint density at radius 1 is 1.22 bits per heavy atom. The van der Waals surface area contributed by atoms with E-state index in [1.165, 1.54) is 5.39 Å². The highest BCUT2D eigenvalue weighted by Gasteiger charge is 2.04. The average Bonchev–Trinajstić information content (AvgIpc) is 2.82. The average molecular weight is 231 g/mol. The number of rotatable bonds is 1. The van der Waals surface area contributed by atoms with Gasteiger partial charge in [-0.2, -0.15) is 5.26 Å². The zero-order chi connectivity index (χ0) is 12.5. The van der Waals surface area contributed by atoms with Crippen LogP contribution in [0, 0.1) is 24.3 Å². The zero-order valence-electron chi connectivity index (χ0n) is 10.0. The third-order valence-corrected chi connectivity index (χ3v) is 3.14. The van der Waals surface area contributed by atoms with Crippen molar-refractivity contribution < 1.29 is 0 Å². The van der Waals surface area contributed by atoms with Crippen LogP contribution in [-0.2, 0) is 0 Å². The molecule has 85 valence electrons. The number of fused-ring (bicyclic) bond motifs is 1. The summed E-state index contributed by atoms with van der Waals surface area (Å²) in [6.07, 6.45) is 2.04. The number of aryl methyl sites for hydroxylation is 1. The maximum atomic E-state index is 8.95. The van der Waals surface area contributed by atoms with Crippen LogP contribution >= 0.6 is 0 Å². The monoisotopic (exact) mass is 231 g/mol. The lowest BCUT2D eigenvalue weighted by Crippen LogP contribution is -1.93. The molecule has 3 rings (SSSR count). The fourth-order valence-corrected chi connectivity index (χ4v) is 2.17. The fourth-order valence-electron chi connectivity index (χ4n) is 2.17. The Kier molecular flexibility index (Phi) is 2.39. The third kappa shape index (κ3) is 1.57. The Morgan fingerprint density at radius 3 is 2.89 bits per heavy atom. The summed E-state index contributed by atoms with van der Waals surface area (Å²) in [5.74, 6) is 0. The maximum absolute atomic E-state index is 8.95. The van der Waals surface area contributed by atoms with E-state index in [4.69, 9.17) is 5.26 Å². The van der Waals surface area contributed by atoms with Gasteiger partial charge in [-0.25, -0.2) is 0 Å². The molecule has 0 saturated carbocycles. The van der Waals surface area contributed by atoms with Crippen LogP contribution in [0.25, 0.3) is 16.6 Å². The van der Waals surface area contributed by atoms with Crippen LogP contribution in [0.3, 0.4) is 0 Å². The lowest BCUT2D eigenvalue weighted by atomic mass is 10.1. The second-order valence-electron chi connectivity index (χ2n) is 4.28. The lowest BCUT2D eigenvalue weighted by Gasteiger charge is -2.07. The van der Waals surface area contributed by atoms with Crippen molar-refractivity contribution >= 4 is 10.9 Å². The highest BCUT2D eigenvalue weighted by molar-refractivity contribution is 5.81. The molecule has 0 aliphatic heterocycles. The van der Waals surface area contributed by atoms with Gasteiger partial charge in [0.1, 0.15) is 0 Å². The molecule has 0 N–H and O–H groups in total. The molecule has 1 heterocycles. The van der Waals surface area contributed by atoms with Gasteiger partial charge in [0, 0.05) is 17.3 Å². The number of nitrogens with zero attached hydrogens (tertiary/aromatic N) is 2. The van der Waals surface area contributed by atoms with Gasteiger partial charge >= 0.3 is 0 Å². The van der Waals surface area contributed by atoms with Gasteiger partial charge in [0.05, 0.1) is 17.1 Å². The minimum Gasteiger partial charge on any atom is -0.317 e. The van der Waals surface area contributed by atoms with Crippen molar-refractivity contribution in [3.8, 4) is 11.8 Å². The predicted molar refractivity (Wildman–Crippen MR) is 71.6 cm³/mol. The molecule has 1 aromatic heterocycles. The van der Waals surface area contributed by atoms with Gasteiger partial charge in [-0.3, -0.25) is 0 Å². The van der Waals surface area contributed by atoms with Gasteiger partial charge in [-0.05, 0) is 55.0 Å². The topological polar surface area (TPSA) is 28.7 Å². The molecule has 0 aliphatic carbocycles. The Bertz CT molecular complexity index is 760. The molecule has 0 fully saturated rings. The molecule has 1 radical (unpaired) electrons. The maximum Gasteiger partial charge on any atom is 0.0994 e. The molecule has 18 heavy (non-hydrogen) atoms. The number of aromatic nitrogens is 1. The highest BCUT2D eigenvalue weighted by atomic mass is 15.0. The lowest BCUT2D eigenvalue weighted by molar-refractivity contribution is 1.12. The van der Waals surface area contributed by atoms with Crippen molar-refractivity contribution in [2.75, 3.05) is 0 Å². The first kappa shape index (κ1) is 10.6. The van der Waals surface area contributed by atoms with Gasteiger partial charge in [0.2, 0.25) is 0 Å². The van der Waals surface area contributed by atoms with E-state index >= 15 is 0 Å². The van der Waals surface area contributed by atoms with Crippen LogP contribution in [0.5, 0.6) is 0 Å². The number of hydrogen-bond acceptors (Lipinski definition) is 1. The summed E-state index contributed by atoms with van der Waals surface area (Å²) in [4.78, 5) is 0. The quantitative estimate of drug-likeness (QED) is 0.629. The van der Waals surface area contributed by atoms with Crippen molar-refractivity contribution in [3.63, 3.8) is 0 Å². The van der Waals surface area contributed by atoms with Gasteiger partial charge in [-0.1, -0.05) is 6.07 Å². The van der Waals surface area contributed by atoms with Crippen LogP contribution in [0.15, 0.2) is 48.7 Å². The van der Waals surface area contributed by atoms with Gasteiger partial charge in [0.25, 0.3) is 0 Å². The summed E-state index contributed by atoms with van der Waals surface area (Å²) in [7, 11) is 0. The summed E-state index contributed by atoms with van der Waals surface area (Å²) in [6.45, 7) is 1.96. The van der Waals surface area contributed by atoms with Gasteiger partial charge < -0.3 is 4.57 Å². The Labute approximate surface area is 106 Å². The Balaban J connectivity index is 2.21. The van der Waals surface area contributed by atoms with Crippen LogP contribution in [0.1, 0.15) is 11.1 Å². The largest absolute Gasteiger partial charge is 0.317 e. The van der Waals surface area contributed by atoms with Crippen LogP contribution in [0.4, 0.5) is 0 Å². The van der Waals surface area contributed by atoms with E-state index in [0.29, 0.717) is 0 Å². The first-order chi connectivity index (χ1) is 8.79. The van der Waals surface area contributed by atoms with Crippen LogP contribution in [0.2, 0.25) is 0 Å². The highest BCUT2D eigenvalue weighted by Crippen LogP contribution is 2.21. The summed E-state index contributed by atoms with van der Waals surface area (Å²) in [6, 6.07) is 19.1. The number of benzene rings is 2. The summed E-state index contributed by atoms with van der Waals surface area (Å²) in [5.41, 5.74) is 3.95. The molecular weight excluding hydrogens is 220 g/mol. The molecule has 0 unspecified atom stereocenters. The standard InChI is InChI=1S/C16H11N2/c1-12-10-15(7-6-14(12)11-17)18-9-8-13-4-2-3-5-16(13)18/h3-10H,1H3. The molecule has 0 amide bonds. The van der Waals surface area contributed by atoms with Gasteiger partial charge in [0.15, 0.2) is 0 Å². The molecule has 0 saturated heterocycles. The van der Waals surface area contributed by atoms with Crippen molar-refractivity contribution in [1.29, 1.82) is 5.26 Å². The second kappa shape index (κ2) is 4.05. The first-order valence-electron chi connectivity index (χ1n) is 5.78. The molecule has 0 atom stereocenters. The van der Waals surface area contributed by atoms with Gasteiger partial charge in [-0.15, -0.1) is 0 Å². The summed E-state index contributed by atoms with van der Waals surface area (Å²) in [5, 5.41) is 10.1. The predicted octanol–water partition coefficient (Wildman–Crippen LogP) is 3.61. The van der Waals surface area contributed by atoms with E-state index in [1.54, 1.807) is 0 Å². The molecule has 2 heteroatoms. The van der Waals surface area contributed by atoms with Crippen molar-refractivity contribution in [2.45, 2.75) is 6.92 Å². The van der Waals surface area contributed by atoms with E-state index in [-0.39, 0.29) is 0 Å². The van der Waals surface area contributed by atoms with E-state index in [2.05, 4.69) is 22.8 Å². The molecule has 0 aliphatic rings. The molecule has 0 spiro atoms. The first-order valence-corrected chi connectivity index (χ1v) is 5.78. The normalized spacial score (nSPS) is 10.4. The van der Waals surface area contributed by atoms with E-state index in [9.17, 15) is 0 Å². The molecule has 0 bridgehead atoms. The third-order valence-electron chi connectivity index (χ3n) is 3.14. The van der Waals surface area contributed by atoms with E-state index in [0.717, 1.165) is 22.3 Å². The summed E-state index contributed by atoms with van der Waals surface area (Å²) >= 11 is 0. The second-order valence-corrected chi connectivity index (χ2v) is 4.28. The van der Waals surface area contributed by atoms with Crippen LogP contribution in [-0.4, -0.2) is 4.57 Å². The summed E-state index contributed by atoms with van der Waals surface area (Å²) < 4.78 is 2.12. The van der Waals surface area contributed by atoms with Crippen molar-refractivity contribution in [1.82, 2.24) is 4.57 Å². The minimum absolute atomic E-state index is 0.726. The fraction of sp³-hybridized carbons (Fsp3) is 0.0625. The van der Waals surface area contributed by atoms with Crippen LogP contribution < -0.4 is 0 Å². The SMILES string of the molecule is Cc1cc(-n2ccc3c[c]ccc32)ccc1C#N. The molecular formula is C16H11N2. The smallest absolute Gasteiger partial charge is 0.0994 e. The molecule has 2 aromatic carbocycles. The minimum atomic E-state index is 0.726. The zero-order valence-corrected chi connectivity index (χ0v) is 10.0. The molecule has 2 nitrogen and oxygen atoms in total. The molecule has 3 aromatic rings. The van der Waals surface area contributed by atoms with E-state index in [1.807, 2.05) is 49.5 Å². The van der Waals surface area contributed by atoms with Crippen molar-refractivity contribution in [2.24, 2.45) is 0 Å². The number of nitriles is 1. The Morgan fingerprint density at radius 2 is 2.11 bits per heavy atom. The Hall–Kier alpha value is -2.53. The number of hydrogen-bond donors (Lipinski definition) is 0. The van der Waals surface area contributed by atoms with Crippen molar-refractivity contribution in [3.05, 3.63) is 65.9 Å². The van der Waals surface area contributed by atoms with E-state index < -0.39 is 0 Å².